The Balaban J connectivity index is 0.000000213. The van der Waals surface area contributed by atoms with E-state index in [0.717, 1.165) is 5.69 Å². The summed E-state index contributed by atoms with van der Waals surface area (Å²) < 4.78 is 0. The quantitative estimate of drug-likeness (QED) is 0.625. The van der Waals surface area contributed by atoms with Crippen molar-refractivity contribution in [3.8, 4) is 0 Å². The lowest BCUT2D eigenvalue weighted by molar-refractivity contribution is -0.0979. The number of aromatic amines is 1. The van der Waals surface area contributed by atoms with Gasteiger partial charge in [0.15, 0.2) is 0 Å². The Hall–Kier alpha value is -2.03. The van der Waals surface area contributed by atoms with Crippen LogP contribution in [0.15, 0.2) is 54.9 Å². The van der Waals surface area contributed by atoms with E-state index in [1.54, 1.807) is 0 Å². The summed E-state index contributed by atoms with van der Waals surface area (Å²) in [7, 11) is 0. The molecule has 2 rings (SSSR count). The highest BCUT2D eigenvalue weighted by Crippen LogP contribution is 1.95. The maximum absolute atomic E-state index is 8.00. The largest absolute Gasteiger partial charge is 0.399 e. The Morgan fingerprint density at radius 1 is 0.929 bits per heavy atom. The van der Waals surface area contributed by atoms with Crippen molar-refractivity contribution in [2.45, 2.75) is 0 Å². The molecule has 3 nitrogen and oxygen atoms in total. The van der Waals surface area contributed by atoms with E-state index >= 15 is 0 Å². The van der Waals surface area contributed by atoms with E-state index in [1.807, 2.05) is 61.6 Å². The van der Waals surface area contributed by atoms with E-state index in [2.05, 4.69) is 4.98 Å². The fourth-order valence-electron chi connectivity index (χ4n) is 0.731. The van der Waals surface area contributed by atoms with Gasteiger partial charge in [0.05, 0.1) is 0 Å². The van der Waals surface area contributed by atoms with Gasteiger partial charge >= 0.3 is 0 Å². The third-order valence-corrected chi connectivity index (χ3v) is 1.30. The molecular weight excluding hydrogens is 176 g/mol. The average Bonchev–Trinajstić information content (AvgIpc) is 2.80. The van der Waals surface area contributed by atoms with Gasteiger partial charge in [-0.3, -0.25) is 0 Å². The number of benzene rings is 1. The molecule has 0 saturated heterocycles. The topological polar surface area (TPSA) is 58.9 Å². The van der Waals surface area contributed by atoms with Crippen molar-refractivity contribution in [3.05, 3.63) is 54.9 Å². The van der Waals surface area contributed by atoms with E-state index in [1.165, 1.54) is 0 Å². The van der Waals surface area contributed by atoms with Crippen molar-refractivity contribution >= 4 is 12.5 Å². The minimum atomic E-state index is 0.822. The zero-order valence-corrected chi connectivity index (χ0v) is 7.89. The van der Waals surface area contributed by atoms with Crippen LogP contribution in [0.1, 0.15) is 0 Å². The number of H-pyrrole nitrogens is 1. The summed E-state index contributed by atoms with van der Waals surface area (Å²) in [6.07, 6.45) is 3.75. The highest BCUT2D eigenvalue weighted by atomic mass is 16.1. The monoisotopic (exact) mass is 190 g/mol. The van der Waals surface area contributed by atoms with Gasteiger partial charge < -0.3 is 15.5 Å². The van der Waals surface area contributed by atoms with Gasteiger partial charge in [-0.25, -0.2) is 0 Å². The maximum Gasteiger partial charge on any atom is 0.106 e. The molecule has 0 aliphatic rings. The zero-order valence-electron chi connectivity index (χ0n) is 7.89. The number of nitrogen functional groups attached to an aromatic ring is 1. The second-order valence-corrected chi connectivity index (χ2v) is 2.30. The first-order valence-corrected chi connectivity index (χ1v) is 4.07. The summed E-state index contributed by atoms with van der Waals surface area (Å²) in [5, 5.41) is 0. The van der Waals surface area contributed by atoms with Crippen LogP contribution in [0, 0.1) is 0 Å². The second-order valence-electron chi connectivity index (χ2n) is 2.30. The lowest BCUT2D eigenvalue weighted by atomic mass is 10.3. The van der Waals surface area contributed by atoms with Crippen LogP contribution >= 0.6 is 0 Å². The molecule has 0 spiro atoms. The molecule has 74 valence electrons. The van der Waals surface area contributed by atoms with Crippen LogP contribution in [0.5, 0.6) is 0 Å². The molecule has 0 aliphatic carbocycles. The predicted octanol–water partition coefficient (Wildman–Crippen LogP) is 2.10. The number of rotatable bonds is 0. The molecule has 0 fully saturated rings. The number of carbonyl (C=O) groups excluding carboxylic acids is 1. The summed E-state index contributed by atoms with van der Waals surface area (Å²) in [4.78, 5) is 10.9. The third-order valence-electron chi connectivity index (χ3n) is 1.30. The molecule has 1 heterocycles. The molecule has 1 aromatic heterocycles. The predicted molar refractivity (Wildman–Crippen MR) is 58.8 cm³/mol. The molecule has 0 bridgehead atoms. The fraction of sp³-hybridized carbons (Fsp3) is 0. The molecule has 0 radical (unpaired) electrons. The molecule has 3 N–H and O–H groups in total. The number of carbonyl (C=O) groups is 1. The number of anilines is 1. The Kier molecular flexibility index (Phi) is 7.75. The number of para-hydroxylation sites is 1. The second kappa shape index (κ2) is 9.06. The highest BCUT2D eigenvalue weighted by molar-refractivity contribution is 5.35. The van der Waals surface area contributed by atoms with Gasteiger partial charge in [0.25, 0.3) is 0 Å². The van der Waals surface area contributed by atoms with Gasteiger partial charge in [-0.15, -0.1) is 0 Å². The Morgan fingerprint density at radius 3 is 1.64 bits per heavy atom. The van der Waals surface area contributed by atoms with Crippen LogP contribution in [0.25, 0.3) is 0 Å². The normalized spacial score (nSPS) is 7.43. The van der Waals surface area contributed by atoms with Gasteiger partial charge in [0.2, 0.25) is 0 Å². The Morgan fingerprint density at radius 2 is 1.43 bits per heavy atom. The summed E-state index contributed by atoms with van der Waals surface area (Å²) >= 11 is 0. The molecule has 0 atom stereocenters. The van der Waals surface area contributed by atoms with E-state index in [4.69, 9.17) is 10.5 Å². The summed E-state index contributed by atoms with van der Waals surface area (Å²) in [5.74, 6) is 0. The minimum absolute atomic E-state index is 0.822. The first-order valence-electron chi connectivity index (χ1n) is 4.07. The maximum atomic E-state index is 8.00. The summed E-state index contributed by atoms with van der Waals surface area (Å²) in [6.45, 7) is 2.00. The van der Waals surface area contributed by atoms with Gasteiger partial charge in [-0.2, -0.15) is 0 Å². The van der Waals surface area contributed by atoms with E-state index in [-0.39, 0.29) is 0 Å². The van der Waals surface area contributed by atoms with Gasteiger partial charge in [-0.1, -0.05) is 18.2 Å². The summed E-state index contributed by atoms with van der Waals surface area (Å²) in [6, 6.07) is 13.4. The highest BCUT2D eigenvalue weighted by Gasteiger charge is 1.72. The Labute approximate surface area is 83.6 Å². The molecular formula is C11H14N2O. The van der Waals surface area contributed by atoms with Gasteiger partial charge in [0.1, 0.15) is 6.79 Å². The van der Waals surface area contributed by atoms with Crippen LogP contribution in [0.3, 0.4) is 0 Å². The van der Waals surface area contributed by atoms with Crippen molar-refractivity contribution in [1.29, 1.82) is 0 Å². The zero-order chi connectivity index (χ0) is 10.6. The van der Waals surface area contributed by atoms with Crippen LogP contribution in [-0.4, -0.2) is 11.8 Å². The van der Waals surface area contributed by atoms with Crippen molar-refractivity contribution in [1.82, 2.24) is 4.98 Å². The summed E-state index contributed by atoms with van der Waals surface area (Å²) in [5.41, 5.74) is 6.18. The molecule has 14 heavy (non-hydrogen) atoms. The standard InChI is InChI=1S/C6H7N.C4H5N.CH2O/c7-6-4-2-1-3-5-6;1-2-4-5-3-1;1-2/h1-5H,7H2;1-5H;1H2. The fourth-order valence-corrected chi connectivity index (χ4v) is 0.731. The molecule has 1 aromatic carbocycles. The van der Waals surface area contributed by atoms with Crippen molar-refractivity contribution in [2.75, 3.05) is 5.73 Å². The number of nitrogens with one attached hydrogen (secondary N) is 1. The van der Waals surface area contributed by atoms with E-state index in [0.29, 0.717) is 0 Å². The van der Waals surface area contributed by atoms with E-state index < -0.39 is 0 Å². The van der Waals surface area contributed by atoms with Crippen LogP contribution in [0.2, 0.25) is 0 Å². The molecule has 0 unspecified atom stereocenters. The SMILES string of the molecule is C=O.Nc1ccccc1.c1cc[nH]c1. The van der Waals surface area contributed by atoms with Crippen LogP contribution in [0.4, 0.5) is 5.69 Å². The van der Waals surface area contributed by atoms with Crippen LogP contribution in [-0.2, 0) is 4.79 Å². The van der Waals surface area contributed by atoms with Gasteiger partial charge in [-0.05, 0) is 24.3 Å². The average molecular weight is 190 g/mol. The number of hydrogen-bond acceptors (Lipinski definition) is 2. The van der Waals surface area contributed by atoms with Crippen molar-refractivity contribution in [2.24, 2.45) is 0 Å². The lowest BCUT2D eigenvalue weighted by Gasteiger charge is -1.83. The number of nitrogens with two attached hydrogens (primary N) is 1. The first-order chi connectivity index (χ1) is 6.89. The van der Waals surface area contributed by atoms with Crippen molar-refractivity contribution in [3.63, 3.8) is 0 Å². The number of aromatic nitrogens is 1. The number of hydrogen-bond donors (Lipinski definition) is 2. The molecule has 2 aromatic rings. The third kappa shape index (κ3) is 6.67. The molecule has 0 aliphatic heterocycles. The Bertz CT molecular complexity index is 275. The molecule has 0 saturated carbocycles. The molecule has 0 amide bonds. The van der Waals surface area contributed by atoms with Crippen LogP contribution < -0.4 is 5.73 Å². The van der Waals surface area contributed by atoms with Crippen molar-refractivity contribution < 1.29 is 4.79 Å². The van der Waals surface area contributed by atoms with E-state index in [9.17, 15) is 0 Å². The van der Waals surface area contributed by atoms with Gasteiger partial charge in [0, 0.05) is 18.1 Å². The smallest absolute Gasteiger partial charge is 0.106 e. The first kappa shape index (κ1) is 12.0. The minimum Gasteiger partial charge on any atom is -0.399 e. The lowest BCUT2D eigenvalue weighted by Crippen LogP contribution is -1.79. The molecule has 3 heteroatoms.